The van der Waals surface area contributed by atoms with Crippen molar-refractivity contribution in [3.05, 3.63) is 95.0 Å². The molecule has 16 heteroatoms. The molecule has 0 saturated heterocycles. The Kier molecular flexibility index (Phi) is 13.1. The maximum atomic E-state index is 14.3. The molecule has 2 aliphatic rings. The fourth-order valence-corrected chi connectivity index (χ4v) is 7.32. The zero-order valence-electron chi connectivity index (χ0n) is 31.7. The van der Waals surface area contributed by atoms with E-state index in [1.54, 1.807) is 62.8 Å². The Balaban J connectivity index is 0.000000177. The molecule has 4 aromatic carbocycles. The number of hydrogen-bond acceptors (Lipinski definition) is 12. The van der Waals surface area contributed by atoms with E-state index < -0.39 is 11.6 Å². The van der Waals surface area contributed by atoms with Crippen molar-refractivity contribution in [2.24, 2.45) is 0 Å². The summed E-state index contributed by atoms with van der Waals surface area (Å²) >= 11 is 11.8. The molecule has 4 N–H and O–H groups in total. The Hall–Kier alpha value is -5.28. The van der Waals surface area contributed by atoms with Crippen LogP contribution in [0.15, 0.2) is 73.3 Å². The molecule has 2 fully saturated rings. The van der Waals surface area contributed by atoms with Crippen LogP contribution in [0.1, 0.15) is 51.4 Å². The topological polar surface area (TPSA) is 153 Å². The van der Waals surface area contributed by atoms with Gasteiger partial charge in [-0.15, -0.1) is 0 Å². The van der Waals surface area contributed by atoms with Gasteiger partial charge in [-0.05, 0) is 87.8 Å². The highest BCUT2D eigenvalue weighted by Gasteiger charge is 2.24. The molecule has 0 bridgehead atoms. The number of nitrogens with zero attached hydrogens (tertiary/aromatic N) is 4. The first-order valence-electron chi connectivity index (χ1n) is 18.9. The first-order chi connectivity index (χ1) is 28.1. The van der Waals surface area contributed by atoms with Gasteiger partial charge in [-0.1, -0.05) is 35.3 Å². The number of methoxy groups -OCH3 is 2. The van der Waals surface area contributed by atoms with Crippen LogP contribution in [-0.4, -0.2) is 68.8 Å². The van der Waals surface area contributed by atoms with Crippen LogP contribution in [0.25, 0.3) is 21.8 Å². The number of aliphatic hydroxyl groups is 2. The average molecular weight is 836 g/mol. The lowest BCUT2D eigenvalue weighted by molar-refractivity contribution is 0.0653. The van der Waals surface area contributed by atoms with Crippen molar-refractivity contribution in [2.45, 2.75) is 75.8 Å². The summed E-state index contributed by atoms with van der Waals surface area (Å²) in [4.78, 5) is 17.1. The number of nitrogens with one attached hydrogen (secondary N) is 2. The van der Waals surface area contributed by atoms with Crippen molar-refractivity contribution in [3.63, 3.8) is 0 Å². The van der Waals surface area contributed by atoms with Crippen LogP contribution in [0.5, 0.6) is 23.0 Å². The molecule has 2 aromatic heterocycles. The second-order valence-electron chi connectivity index (χ2n) is 14.0. The lowest BCUT2D eigenvalue weighted by atomic mass is 9.95. The Bertz CT molecular complexity index is 2220. The number of aliphatic hydroxyl groups excluding tert-OH is 2. The zero-order chi connectivity index (χ0) is 40.8. The van der Waals surface area contributed by atoms with E-state index in [4.69, 9.17) is 42.1 Å². The van der Waals surface area contributed by atoms with E-state index in [1.807, 2.05) is 0 Å². The average Bonchev–Trinajstić information content (AvgIpc) is 3.23. The van der Waals surface area contributed by atoms with Gasteiger partial charge in [0.05, 0.1) is 71.1 Å². The van der Waals surface area contributed by atoms with E-state index in [-0.39, 0.29) is 45.8 Å². The number of anilines is 4. The molecule has 0 amide bonds. The summed E-state index contributed by atoms with van der Waals surface area (Å²) in [5, 5.41) is 26.8. The number of hydrogen-bond donors (Lipinski definition) is 4. The molecular formula is C42H42Cl2F2N6O6. The smallest absolute Gasteiger partial charge is 0.165 e. The van der Waals surface area contributed by atoms with Crippen molar-refractivity contribution < 1.29 is 37.9 Å². The summed E-state index contributed by atoms with van der Waals surface area (Å²) in [6, 6.07) is 16.6. The standard InChI is InChI=1S/2C21H21ClFN3O3/c2*1-28-18-10-17-14(9-19(18)29-13-7-5-12(27)6-8-13)21(25-11-24-17)26-16-4-2-3-15(22)20(16)23/h2*2-4,9-13,27H,5-8H2,1H3,(H,24,25,26). The molecule has 304 valence electrons. The molecule has 2 saturated carbocycles. The van der Waals surface area contributed by atoms with E-state index in [1.165, 1.54) is 24.8 Å². The summed E-state index contributed by atoms with van der Waals surface area (Å²) in [6.07, 6.45) is 8.20. The van der Waals surface area contributed by atoms with E-state index in [0.29, 0.717) is 82.1 Å². The second kappa shape index (κ2) is 18.5. The minimum absolute atomic E-state index is 0.00355. The lowest BCUT2D eigenvalue weighted by Gasteiger charge is -2.27. The summed E-state index contributed by atoms with van der Waals surface area (Å²) < 4.78 is 51.9. The van der Waals surface area contributed by atoms with Crippen LogP contribution in [0.3, 0.4) is 0 Å². The normalized spacial score (nSPS) is 19.2. The fourth-order valence-electron chi connectivity index (χ4n) is 6.97. The Morgan fingerprint density at radius 3 is 1.34 bits per heavy atom. The molecule has 6 aromatic rings. The van der Waals surface area contributed by atoms with Crippen molar-refractivity contribution in [1.82, 2.24) is 19.9 Å². The van der Waals surface area contributed by atoms with Crippen molar-refractivity contribution in [2.75, 3.05) is 24.9 Å². The highest BCUT2D eigenvalue weighted by atomic mass is 35.5. The molecule has 0 unspecified atom stereocenters. The number of aromatic nitrogens is 4. The summed E-state index contributed by atoms with van der Waals surface area (Å²) in [5.74, 6) is 2.00. The zero-order valence-corrected chi connectivity index (χ0v) is 33.2. The third-order valence-corrected chi connectivity index (χ3v) is 10.7. The van der Waals surface area contributed by atoms with Gasteiger partial charge >= 0.3 is 0 Å². The molecule has 0 radical (unpaired) electrons. The number of benzene rings is 4. The fraction of sp³-hybridized carbons (Fsp3) is 0.333. The maximum Gasteiger partial charge on any atom is 0.165 e. The van der Waals surface area contributed by atoms with Gasteiger partial charge in [0, 0.05) is 22.9 Å². The molecule has 58 heavy (non-hydrogen) atoms. The molecule has 0 aliphatic heterocycles. The molecule has 0 spiro atoms. The summed E-state index contributed by atoms with van der Waals surface area (Å²) in [5.41, 5.74) is 1.70. The molecule has 12 nitrogen and oxygen atoms in total. The first-order valence-corrected chi connectivity index (χ1v) is 19.6. The van der Waals surface area contributed by atoms with Gasteiger partial charge in [0.2, 0.25) is 0 Å². The highest BCUT2D eigenvalue weighted by Crippen LogP contribution is 2.39. The van der Waals surface area contributed by atoms with Crippen LogP contribution >= 0.6 is 23.2 Å². The van der Waals surface area contributed by atoms with Gasteiger partial charge in [-0.3, -0.25) is 0 Å². The molecule has 2 aliphatic carbocycles. The second-order valence-corrected chi connectivity index (χ2v) is 14.8. The summed E-state index contributed by atoms with van der Waals surface area (Å²) in [6.45, 7) is 0. The Morgan fingerprint density at radius 2 is 0.966 bits per heavy atom. The van der Waals surface area contributed by atoms with E-state index >= 15 is 0 Å². The summed E-state index contributed by atoms with van der Waals surface area (Å²) in [7, 11) is 3.14. The lowest BCUT2D eigenvalue weighted by Crippen LogP contribution is -2.26. The molecule has 2 heterocycles. The number of rotatable bonds is 10. The van der Waals surface area contributed by atoms with Gasteiger partial charge in [-0.2, -0.15) is 0 Å². The third-order valence-electron chi connectivity index (χ3n) is 10.1. The minimum atomic E-state index is -0.549. The van der Waals surface area contributed by atoms with Gasteiger partial charge in [0.25, 0.3) is 0 Å². The SMILES string of the molecule is COc1cc2ncnc(Nc3cccc(Cl)c3F)c2cc1OC1CCC(O)CC1.COc1cc2ncnc(Nc3cccc(Cl)c3F)c2cc1OC1CCC(O)CC1. The minimum Gasteiger partial charge on any atom is -0.493 e. The van der Waals surface area contributed by atoms with Crippen LogP contribution in [0, 0.1) is 11.6 Å². The van der Waals surface area contributed by atoms with Gasteiger partial charge in [0.1, 0.15) is 24.3 Å². The number of ether oxygens (including phenoxy) is 4. The van der Waals surface area contributed by atoms with Crippen LogP contribution < -0.4 is 29.6 Å². The number of fused-ring (bicyclic) bond motifs is 2. The maximum absolute atomic E-state index is 14.3. The van der Waals surface area contributed by atoms with Gasteiger partial charge in [0.15, 0.2) is 34.6 Å². The molecule has 0 atom stereocenters. The largest absolute Gasteiger partial charge is 0.493 e. The quantitative estimate of drug-likeness (QED) is 0.104. The Morgan fingerprint density at radius 1 is 0.569 bits per heavy atom. The van der Waals surface area contributed by atoms with E-state index in [9.17, 15) is 19.0 Å². The van der Waals surface area contributed by atoms with Crippen molar-refractivity contribution in [1.29, 1.82) is 0 Å². The van der Waals surface area contributed by atoms with Crippen LogP contribution in [-0.2, 0) is 0 Å². The van der Waals surface area contributed by atoms with Crippen LogP contribution in [0.2, 0.25) is 10.0 Å². The predicted octanol–water partition coefficient (Wildman–Crippen LogP) is 9.71. The third kappa shape index (κ3) is 9.53. The van der Waals surface area contributed by atoms with E-state index in [2.05, 4.69) is 30.6 Å². The van der Waals surface area contributed by atoms with Gasteiger partial charge < -0.3 is 39.8 Å². The molecule has 8 rings (SSSR count). The van der Waals surface area contributed by atoms with Crippen molar-refractivity contribution in [3.8, 4) is 23.0 Å². The number of halogens is 4. The molecular weight excluding hydrogens is 793 g/mol. The van der Waals surface area contributed by atoms with Crippen molar-refractivity contribution >= 4 is 68.0 Å². The highest BCUT2D eigenvalue weighted by molar-refractivity contribution is 6.31. The Labute approximate surface area is 343 Å². The predicted molar refractivity (Wildman–Crippen MR) is 219 cm³/mol. The first kappa shape index (κ1) is 40.9. The van der Waals surface area contributed by atoms with Crippen LogP contribution in [0.4, 0.5) is 31.8 Å². The van der Waals surface area contributed by atoms with Gasteiger partial charge in [-0.25, -0.2) is 28.7 Å². The van der Waals surface area contributed by atoms with E-state index in [0.717, 1.165) is 25.7 Å². The monoisotopic (exact) mass is 834 g/mol.